The van der Waals surface area contributed by atoms with Crippen molar-refractivity contribution >= 4 is 25.2 Å². The largest absolute Gasteiger partial charge is 0.478 e. The third-order valence-corrected chi connectivity index (χ3v) is 2.76. The van der Waals surface area contributed by atoms with Gasteiger partial charge >= 0.3 is 5.97 Å². The molecule has 0 spiro atoms. The molecule has 1 atom stereocenters. The molecule has 0 saturated heterocycles. The van der Waals surface area contributed by atoms with Crippen LogP contribution < -0.4 is 16.1 Å². The van der Waals surface area contributed by atoms with Crippen LogP contribution in [0, 0.1) is 5.82 Å². The van der Waals surface area contributed by atoms with Crippen LogP contribution in [-0.4, -0.2) is 28.9 Å². The number of ether oxygens (including phenoxy) is 1. The van der Waals surface area contributed by atoms with Gasteiger partial charge in [0.2, 0.25) is 0 Å². The Morgan fingerprint density at radius 2 is 2.24 bits per heavy atom. The van der Waals surface area contributed by atoms with Gasteiger partial charge in [0.25, 0.3) is 5.88 Å². The van der Waals surface area contributed by atoms with Crippen molar-refractivity contribution in [2.75, 3.05) is 5.73 Å². The van der Waals surface area contributed by atoms with E-state index in [9.17, 15) is 9.18 Å². The molecule has 106 valence electrons. The molecule has 6 nitrogen and oxygen atoms in total. The normalized spacial score (nSPS) is 11.9. The lowest BCUT2D eigenvalue weighted by Gasteiger charge is -2.17. The first-order valence-corrected chi connectivity index (χ1v) is 5.96. The summed E-state index contributed by atoms with van der Waals surface area (Å²) in [5, 5.41) is 9.12. The predicted octanol–water partition coefficient (Wildman–Crippen LogP) is 0.830. The van der Waals surface area contributed by atoms with Gasteiger partial charge in [-0.3, -0.25) is 0 Å². The molecule has 0 saturated carbocycles. The number of carbonyl (C=O) groups is 1. The van der Waals surface area contributed by atoms with E-state index < -0.39 is 17.9 Å². The number of halogens is 1. The van der Waals surface area contributed by atoms with Crippen LogP contribution in [0.25, 0.3) is 0 Å². The topological polar surface area (TPSA) is 98.3 Å². The second-order valence-corrected chi connectivity index (χ2v) is 4.28. The minimum atomic E-state index is -1.19. The SMILES string of the molecule is [B]c1cnc(N)c(OC(C)c2cc(F)ccc2C(=O)O)n1. The first kappa shape index (κ1) is 14.8. The van der Waals surface area contributed by atoms with E-state index in [1.54, 1.807) is 6.92 Å². The first-order valence-electron chi connectivity index (χ1n) is 5.96. The molecule has 2 rings (SSSR count). The lowest BCUT2D eigenvalue weighted by molar-refractivity contribution is 0.0691. The third kappa shape index (κ3) is 3.28. The van der Waals surface area contributed by atoms with E-state index in [1.807, 2.05) is 0 Å². The van der Waals surface area contributed by atoms with Crippen molar-refractivity contribution in [3.8, 4) is 5.88 Å². The Labute approximate surface area is 121 Å². The second-order valence-electron chi connectivity index (χ2n) is 4.28. The number of nitrogen functional groups attached to an aromatic ring is 1. The van der Waals surface area contributed by atoms with Crippen LogP contribution in [0.1, 0.15) is 28.9 Å². The number of rotatable bonds is 4. The van der Waals surface area contributed by atoms with Crippen LogP contribution in [0.5, 0.6) is 5.88 Å². The highest BCUT2D eigenvalue weighted by molar-refractivity contribution is 6.30. The van der Waals surface area contributed by atoms with E-state index in [4.69, 9.17) is 23.4 Å². The Bertz CT molecular complexity index is 696. The van der Waals surface area contributed by atoms with Crippen LogP contribution in [0.15, 0.2) is 24.4 Å². The van der Waals surface area contributed by atoms with E-state index in [-0.39, 0.29) is 28.4 Å². The van der Waals surface area contributed by atoms with E-state index in [1.165, 1.54) is 12.3 Å². The van der Waals surface area contributed by atoms with Gasteiger partial charge in [0, 0.05) is 17.4 Å². The summed E-state index contributed by atoms with van der Waals surface area (Å²) in [6.45, 7) is 1.55. The number of anilines is 1. The van der Waals surface area contributed by atoms with Gasteiger partial charge in [0.15, 0.2) is 5.82 Å². The molecule has 0 bridgehead atoms. The lowest BCUT2D eigenvalue weighted by atomic mass is 10.0. The van der Waals surface area contributed by atoms with Crippen LogP contribution in [0.2, 0.25) is 0 Å². The summed E-state index contributed by atoms with van der Waals surface area (Å²) in [5.41, 5.74) is 5.79. The molecule has 0 amide bonds. The molecule has 3 N–H and O–H groups in total. The summed E-state index contributed by atoms with van der Waals surface area (Å²) < 4.78 is 18.8. The maximum absolute atomic E-state index is 13.3. The van der Waals surface area contributed by atoms with Gasteiger partial charge < -0.3 is 15.6 Å². The third-order valence-electron chi connectivity index (χ3n) is 2.76. The fraction of sp³-hybridized carbons (Fsp3) is 0.154. The van der Waals surface area contributed by atoms with E-state index in [0.29, 0.717) is 0 Å². The summed E-state index contributed by atoms with van der Waals surface area (Å²) in [6.07, 6.45) is 0.461. The Kier molecular flexibility index (Phi) is 4.06. The van der Waals surface area contributed by atoms with Crippen molar-refractivity contribution in [1.29, 1.82) is 0 Å². The zero-order valence-electron chi connectivity index (χ0n) is 11.1. The Morgan fingerprint density at radius 1 is 1.52 bits per heavy atom. The molecular weight excluding hydrogens is 276 g/mol. The summed E-state index contributed by atoms with van der Waals surface area (Å²) >= 11 is 0. The van der Waals surface area contributed by atoms with Gasteiger partial charge in [-0.25, -0.2) is 19.2 Å². The fourth-order valence-electron chi connectivity index (χ4n) is 1.78. The molecule has 1 aromatic carbocycles. The van der Waals surface area contributed by atoms with Gasteiger partial charge in [0.1, 0.15) is 19.8 Å². The molecule has 1 aromatic heterocycles. The summed E-state index contributed by atoms with van der Waals surface area (Å²) in [5.74, 6) is -1.79. The van der Waals surface area contributed by atoms with Gasteiger partial charge in [0.05, 0.1) is 5.56 Å². The van der Waals surface area contributed by atoms with Crippen LogP contribution in [0.4, 0.5) is 10.2 Å². The Hall–Kier alpha value is -2.64. The average molecular weight is 287 g/mol. The molecule has 2 radical (unpaired) electrons. The minimum Gasteiger partial charge on any atom is -0.478 e. The average Bonchev–Trinajstić information content (AvgIpc) is 2.42. The number of aromatic nitrogens is 2. The molecule has 0 aliphatic heterocycles. The number of hydrogen-bond acceptors (Lipinski definition) is 5. The lowest BCUT2D eigenvalue weighted by Crippen LogP contribution is -2.16. The van der Waals surface area contributed by atoms with Crippen molar-refractivity contribution in [2.45, 2.75) is 13.0 Å². The van der Waals surface area contributed by atoms with Crippen LogP contribution in [-0.2, 0) is 0 Å². The summed E-state index contributed by atoms with van der Waals surface area (Å²) in [6, 6.07) is 3.32. The molecule has 0 aliphatic rings. The zero-order chi connectivity index (χ0) is 15.6. The Morgan fingerprint density at radius 3 is 2.90 bits per heavy atom. The molecule has 0 fully saturated rings. The number of carboxylic acid groups (broad SMARTS) is 1. The molecule has 2 aromatic rings. The smallest absolute Gasteiger partial charge is 0.336 e. The number of nitrogens with two attached hydrogens (primary N) is 1. The van der Waals surface area contributed by atoms with Gasteiger partial charge in [-0.2, -0.15) is 0 Å². The van der Waals surface area contributed by atoms with Crippen LogP contribution >= 0.6 is 0 Å². The number of carboxylic acids is 1. The Balaban J connectivity index is 2.36. The van der Waals surface area contributed by atoms with E-state index in [0.717, 1.165) is 12.1 Å². The molecule has 1 heterocycles. The molecule has 0 aliphatic carbocycles. The highest BCUT2D eigenvalue weighted by Crippen LogP contribution is 2.26. The predicted molar refractivity (Wildman–Crippen MR) is 74.2 cm³/mol. The van der Waals surface area contributed by atoms with E-state index >= 15 is 0 Å². The monoisotopic (exact) mass is 287 g/mol. The van der Waals surface area contributed by atoms with Crippen molar-refractivity contribution < 1.29 is 19.0 Å². The standard InChI is InChI=1S/C13H11BFN3O3/c1-6(21-12-11(16)17-5-10(14)18-12)9-4-7(15)2-3-8(9)13(19)20/h2-6H,1H3,(H2,16,17)(H,19,20). The fourth-order valence-corrected chi connectivity index (χ4v) is 1.78. The van der Waals surface area contributed by atoms with Crippen molar-refractivity contribution in [1.82, 2.24) is 9.97 Å². The van der Waals surface area contributed by atoms with Gasteiger partial charge in [-0.1, -0.05) is 0 Å². The quantitative estimate of drug-likeness (QED) is 0.808. The number of nitrogens with zero attached hydrogens (tertiary/aromatic N) is 2. The highest BCUT2D eigenvalue weighted by atomic mass is 19.1. The van der Waals surface area contributed by atoms with Crippen LogP contribution in [0.3, 0.4) is 0 Å². The number of hydrogen-bond donors (Lipinski definition) is 2. The summed E-state index contributed by atoms with van der Waals surface area (Å²) in [7, 11) is 5.48. The number of aromatic carboxylic acids is 1. The van der Waals surface area contributed by atoms with Crippen molar-refractivity contribution in [3.63, 3.8) is 0 Å². The second kappa shape index (κ2) is 5.78. The summed E-state index contributed by atoms with van der Waals surface area (Å²) in [4.78, 5) is 18.8. The molecular formula is C13H11BFN3O3. The van der Waals surface area contributed by atoms with Crippen molar-refractivity contribution in [2.24, 2.45) is 0 Å². The number of benzene rings is 1. The zero-order valence-corrected chi connectivity index (χ0v) is 11.1. The van der Waals surface area contributed by atoms with E-state index in [2.05, 4.69) is 9.97 Å². The maximum Gasteiger partial charge on any atom is 0.336 e. The van der Waals surface area contributed by atoms with Gasteiger partial charge in [-0.15, -0.1) is 0 Å². The first-order chi connectivity index (χ1) is 9.88. The molecule has 1 unspecified atom stereocenters. The minimum absolute atomic E-state index is 0.00401. The maximum atomic E-state index is 13.3. The molecule has 8 heteroatoms. The highest BCUT2D eigenvalue weighted by Gasteiger charge is 2.19. The molecule has 21 heavy (non-hydrogen) atoms. The van der Waals surface area contributed by atoms with Gasteiger partial charge in [-0.05, 0) is 25.1 Å². The van der Waals surface area contributed by atoms with Crippen molar-refractivity contribution in [3.05, 3.63) is 41.3 Å².